The summed E-state index contributed by atoms with van der Waals surface area (Å²) in [4.78, 5) is 18.8. The van der Waals surface area contributed by atoms with Crippen LogP contribution in [0.1, 0.15) is 81.9 Å². The van der Waals surface area contributed by atoms with Gasteiger partial charge in [-0.25, -0.2) is 0 Å². The molecule has 2 N–H and O–H groups in total. The van der Waals surface area contributed by atoms with E-state index in [1.54, 1.807) is 0 Å². The molecule has 3 atom stereocenters. The highest BCUT2D eigenvalue weighted by molar-refractivity contribution is 5.89. The van der Waals surface area contributed by atoms with Crippen molar-refractivity contribution >= 4 is 16.8 Å². The lowest BCUT2D eigenvalue weighted by Gasteiger charge is -2.46. The van der Waals surface area contributed by atoms with Gasteiger partial charge in [0.15, 0.2) is 0 Å². The Balaban J connectivity index is 1.38. The number of nitrogens with one attached hydrogen (secondary N) is 2. The second-order valence-electron chi connectivity index (χ2n) is 11.6. The summed E-state index contributed by atoms with van der Waals surface area (Å²) in [5, 5.41) is 4.81. The summed E-state index contributed by atoms with van der Waals surface area (Å²) in [7, 11) is 2.29. The molecule has 1 unspecified atom stereocenters. The van der Waals surface area contributed by atoms with E-state index in [1.807, 2.05) is 0 Å². The summed E-state index contributed by atoms with van der Waals surface area (Å²) >= 11 is 0. The second kappa shape index (κ2) is 7.95. The summed E-state index contributed by atoms with van der Waals surface area (Å²) < 4.78 is 0. The Kier molecular flexibility index (Phi) is 5.40. The highest BCUT2D eigenvalue weighted by atomic mass is 16.1. The van der Waals surface area contributed by atoms with E-state index in [-0.39, 0.29) is 11.3 Å². The summed E-state index contributed by atoms with van der Waals surface area (Å²) in [5.41, 5.74) is 5.86. The zero-order chi connectivity index (χ0) is 21.8. The maximum absolute atomic E-state index is 12.7. The van der Waals surface area contributed by atoms with Gasteiger partial charge in [0.1, 0.15) is 0 Å². The Bertz CT molecular complexity index is 963. The van der Waals surface area contributed by atoms with Crippen molar-refractivity contribution in [2.24, 2.45) is 11.8 Å². The number of aromatic amines is 1. The van der Waals surface area contributed by atoms with Crippen LogP contribution in [0.15, 0.2) is 18.3 Å². The maximum atomic E-state index is 12.7. The first-order valence-electron chi connectivity index (χ1n) is 12.4. The molecular weight excluding hydrogens is 382 g/mol. The monoisotopic (exact) mass is 421 g/mol. The molecule has 168 valence electrons. The van der Waals surface area contributed by atoms with Crippen LogP contribution in [0.2, 0.25) is 0 Å². The van der Waals surface area contributed by atoms with E-state index in [0.717, 1.165) is 32.4 Å². The Morgan fingerprint density at radius 1 is 1.19 bits per heavy atom. The van der Waals surface area contributed by atoms with Gasteiger partial charge in [0.2, 0.25) is 5.91 Å². The number of benzene rings is 1. The standard InChI is InChI=1S/C27H39N3O/c1-27(2,3)20-12-22-21-10-17(14-29-26(31)18-8-6-5-7-9-18)16-30(4)24(21)11-19-15-28-23(13-20)25(19)22/h12-13,15,17-18,21,24,28H,5-11,14,16H2,1-4H3,(H,29,31)/t17-,21?,24+/m0/s1. The van der Waals surface area contributed by atoms with Gasteiger partial charge in [-0.15, -0.1) is 0 Å². The van der Waals surface area contributed by atoms with Crippen molar-refractivity contribution < 1.29 is 4.79 Å². The molecule has 2 heterocycles. The molecule has 4 heteroatoms. The predicted octanol–water partition coefficient (Wildman–Crippen LogP) is 5.12. The van der Waals surface area contributed by atoms with Gasteiger partial charge in [-0.2, -0.15) is 0 Å². The molecule has 3 aliphatic rings. The van der Waals surface area contributed by atoms with Crippen LogP contribution in [0, 0.1) is 11.8 Å². The minimum Gasteiger partial charge on any atom is -0.361 e. The highest BCUT2D eigenvalue weighted by Crippen LogP contribution is 2.45. The number of carbonyl (C=O) groups excluding carboxylic acids is 1. The van der Waals surface area contributed by atoms with E-state index in [0.29, 0.717) is 23.8 Å². The molecule has 1 aromatic heterocycles. The van der Waals surface area contributed by atoms with Crippen molar-refractivity contribution in [3.8, 4) is 0 Å². The van der Waals surface area contributed by atoms with Crippen LogP contribution in [0.4, 0.5) is 0 Å². The Morgan fingerprint density at radius 2 is 1.97 bits per heavy atom. The SMILES string of the molecule is CN1C[C@H](CNC(=O)C2CCCCC2)CC2c3cc(C(C)(C)C)cc4[nH]cc(c34)C[C@H]21. The molecule has 1 amide bonds. The third-order valence-corrected chi connectivity index (χ3v) is 8.29. The van der Waals surface area contributed by atoms with Crippen molar-refractivity contribution in [1.82, 2.24) is 15.2 Å². The second-order valence-corrected chi connectivity index (χ2v) is 11.6. The van der Waals surface area contributed by atoms with Gasteiger partial charge in [0.05, 0.1) is 0 Å². The number of carbonyl (C=O) groups is 1. The zero-order valence-corrected chi connectivity index (χ0v) is 19.8. The molecule has 1 saturated heterocycles. The number of hydrogen-bond donors (Lipinski definition) is 2. The molecule has 31 heavy (non-hydrogen) atoms. The molecule has 2 aromatic rings. The molecular formula is C27H39N3O. The van der Waals surface area contributed by atoms with Crippen molar-refractivity contribution in [2.45, 2.75) is 83.1 Å². The van der Waals surface area contributed by atoms with Crippen LogP contribution in [0.3, 0.4) is 0 Å². The van der Waals surface area contributed by atoms with Crippen molar-refractivity contribution in [1.29, 1.82) is 0 Å². The molecule has 0 spiro atoms. The number of aromatic nitrogens is 1. The first-order chi connectivity index (χ1) is 14.8. The lowest BCUT2D eigenvalue weighted by molar-refractivity contribution is -0.126. The predicted molar refractivity (Wildman–Crippen MR) is 128 cm³/mol. The first-order valence-corrected chi connectivity index (χ1v) is 12.4. The average Bonchev–Trinajstić information content (AvgIpc) is 3.16. The molecule has 1 aromatic carbocycles. The molecule has 5 rings (SSSR count). The Labute approximate surface area is 187 Å². The minimum absolute atomic E-state index is 0.136. The topological polar surface area (TPSA) is 48.1 Å². The van der Waals surface area contributed by atoms with Crippen LogP contribution in [0.5, 0.6) is 0 Å². The van der Waals surface area contributed by atoms with Crippen LogP contribution in [0.25, 0.3) is 10.9 Å². The van der Waals surface area contributed by atoms with Gasteiger partial charge in [-0.05, 0) is 66.8 Å². The maximum Gasteiger partial charge on any atom is 0.223 e. The minimum atomic E-state index is 0.136. The van der Waals surface area contributed by atoms with Crippen LogP contribution >= 0.6 is 0 Å². The number of hydrogen-bond acceptors (Lipinski definition) is 2. The Morgan fingerprint density at radius 3 is 2.71 bits per heavy atom. The zero-order valence-electron chi connectivity index (χ0n) is 19.8. The number of fused-ring (bicyclic) bond motifs is 2. The van der Waals surface area contributed by atoms with Crippen LogP contribution in [-0.2, 0) is 16.6 Å². The smallest absolute Gasteiger partial charge is 0.223 e. The van der Waals surface area contributed by atoms with Crippen molar-refractivity contribution in [3.63, 3.8) is 0 Å². The van der Waals surface area contributed by atoms with E-state index in [9.17, 15) is 4.79 Å². The number of rotatable bonds is 3. The van der Waals surface area contributed by atoms with E-state index in [1.165, 1.54) is 53.3 Å². The number of amides is 1. The van der Waals surface area contributed by atoms with Gasteiger partial charge in [0, 0.05) is 48.1 Å². The molecule has 2 aliphatic carbocycles. The van der Waals surface area contributed by atoms with Gasteiger partial charge in [-0.1, -0.05) is 46.1 Å². The van der Waals surface area contributed by atoms with E-state index in [2.05, 4.69) is 61.3 Å². The fourth-order valence-corrected chi connectivity index (χ4v) is 6.46. The van der Waals surface area contributed by atoms with Gasteiger partial charge in [-0.3, -0.25) is 4.79 Å². The fourth-order valence-electron chi connectivity index (χ4n) is 6.46. The van der Waals surface area contributed by atoms with Gasteiger partial charge >= 0.3 is 0 Å². The molecule has 1 aliphatic heterocycles. The highest BCUT2D eigenvalue weighted by Gasteiger charge is 2.40. The molecule has 4 nitrogen and oxygen atoms in total. The summed E-state index contributed by atoms with van der Waals surface area (Å²) in [6.07, 6.45) is 10.4. The van der Waals surface area contributed by atoms with E-state index in [4.69, 9.17) is 0 Å². The summed E-state index contributed by atoms with van der Waals surface area (Å²) in [5.74, 6) is 1.62. The molecule has 0 bridgehead atoms. The summed E-state index contributed by atoms with van der Waals surface area (Å²) in [6.45, 7) is 8.82. The number of H-pyrrole nitrogens is 1. The first kappa shape index (κ1) is 21.1. The largest absolute Gasteiger partial charge is 0.361 e. The third-order valence-electron chi connectivity index (χ3n) is 8.29. The summed E-state index contributed by atoms with van der Waals surface area (Å²) in [6, 6.07) is 5.41. The number of piperidine rings is 1. The number of likely N-dealkylation sites (N-methyl/N-ethyl adjacent to an activating group) is 1. The van der Waals surface area contributed by atoms with Gasteiger partial charge < -0.3 is 15.2 Å². The van der Waals surface area contributed by atoms with Crippen molar-refractivity contribution in [3.05, 3.63) is 35.0 Å². The quantitative estimate of drug-likeness (QED) is 0.722. The number of nitrogens with zero attached hydrogens (tertiary/aromatic N) is 1. The van der Waals surface area contributed by atoms with E-state index >= 15 is 0 Å². The number of likely N-dealkylation sites (tertiary alicyclic amines) is 1. The fraction of sp³-hybridized carbons (Fsp3) is 0.667. The Hall–Kier alpha value is -1.81. The third kappa shape index (κ3) is 3.92. The average molecular weight is 422 g/mol. The lowest BCUT2D eigenvalue weighted by Crippen LogP contribution is -2.50. The van der Waals surface area contributed by atoms with Crippen LogP contribution in [-0.4, -0.2) is 42.0 Å². The molecule has 2 fully saturated rings. The van der Waals surface area contributed by atoms with E-state index < -0.39 is 0 Å². The molecule has 1 saturated carbocycles. The van der Waals surface area contributed by atoms with Crippen LogP contribution < -0.4 is 5.32 Å². The molecule has 0 radical (unpaired) electrons. The van der Waals surface area contributed by atoms with Crippen molar-refractivity contribution in [2.75, 3.05) is 20.1 Å². The van der Waals surface area contributed by atoms with Gasteiger partial charge in [0.25, 0.3) is 0 Å². The lowest BCUT2D eigenvalue weighted by atomic mass is 9.71. The normalized spacial score (nSPS) is 27.3.